The summed E-state index contributed by atoms with van der Waals surface area (Å²) in [6, 6.07) is 5.32. The van der Waals surface area contributed by atoms with Gasteiger partial charge in [-0.1, -0.05) is 25.9 Å². The van der Waals surface area contributed by atoms with Crippen LogP contribution in [-0.2, 0) is 18.3 Å². The van der Waals surface area contributed by atoms with Crippen LogP contribution in [0.1, 0.15) is 37.0 Å². The van der Waals surface area contributed by atoms with E-state index in [0.717, 1.165) is 17.7 Å². The van der Waals surface area contributed by atoms with Crippen LogP contribution in [0.25, 0.3) is 0 Å². The van der Waals surface area contributed by atoms with Crippen LogP contribution in [0.15, 0.2) is 41.3 Å². The number of nitrogens with zero attached hydrogens (tertiary/aromatic N) is 3. The maximum atomic E-state index is 12.1. The third kappa shape index (κ3) is 4.89. The van der Waals surface area contributed by atoms with E-state index in [4.69, 9.17) is 4.52 Å². The summed E-state index contributed by atoms with van der Waals surface area (Å²) in [5.41, 5.74) is 1.06. The second-order valence-electron chi connectivity index (χ2n) is 6.89. The average Bonchev–Trinajstić information content (AvgIpc) is 3.23. The smallest absolute Gasteiger partial charge is 0.326 e. The van der Waals surface area contributed by atoms with Crippen molar-refractivity contribution in [1.29, 1.82) is 0 Å². The summed E-state index contributed by atoms with van der Waals surface area (Å²) >= 11 is 1.46. The quantitative estimate of drug-likeness (QED) is 0.699. The SMILES string of the molecule is CC(C)(C)c1cc(NC(=O)Nc2ncc(CCc3ccncc3)s2)no1. The highest BCUT2D eigenvalue weighted by Crippen LogP contribution is 2.25. The number of carbonyl (C=O) groups is 1. The third-order valence-corrected chi connectivity index (χ3v) is 4.65. The van der Waals surface area contributed by atoms with E-state index in [-0.39, 0.29) is 5.41 Å². The van der Waals surface area contributed by atoms with Crippen molar-refractivity contribution in [2.24, 2.45) is 0 Å². The maximum absolute atomic E-state index is 12.1. The Labute approximate surface area is 155 Å². The summed E-state index contributed by atoms with van der Waals surface area (Å²) in [7, 11) is 0. The van der Waals surface area contributed by atoms with Crippen molar-refractivity contribution in [2.75, 3.05) is 10.6 Å². The predicted octanol–water partition coefficient (Wildman–Crippen LogP) is 4.25. The molecule has 0 unspecified atom stereocenters. The molecule has 7 nitrogen and oxygen atoms in total. The molecular formula is C18H21N5O2S. The molecule has 0 saturated heterocycles. The van der Waals surface area contributed by atoms with Gasteiger partial charge in [-0.2, -0.15) is 0 Å². The first-order valence-corrected chi connectivity index (χ1v) is 9.10. The monoisotopic (exact) mass is 371 g/mol. The molecule has 2 amide bonds. The topological polar surface area (TPSA) is 92.9 Å². The summed E-state index contributed by atoms with van der Waals surface area (Å²) in [4.78, 5) is 21.4. The Morgan fingerprint density at radius 3 is 2.65 bits per heavy atom. The van der Waals surface area contributed by atoms with Crippen molar-refractivity contribution >= 4 is 28.3 Å². The zero-order valence-electron chi connectivity index (χ0n) is 14.9. The number of hydrogen-bond acceptors (Lipinski definition) is 6. The van der Waals surface area contributed by atoms with Crippen LogP contribution >= 0.6 is 11.3 Å². The van der Waals surface area contributed by atoms with Gasteiger partial charge < -0.3 is 4.52 Å². The zero-order chi connectivity index (χ0) is 18.6. The highest BCUT2D eigenvalue weighted by Gasteiger charge is 2.20. The number of amides is 2. The van der Waals surface area contributed by atoms with Crippen molar-refractivity contribution in [3.05, 3.63) is 53.0 Å². The maximum Gasteiger partial charge on any atom is 0.326 e. The molecule has 3 rings (SSSR count). The molecule has 3 aromatic heterocycles. The molecule has 0 fully saturated rings. The Morgan fingerprint density at radius 2 is 1.96 bits per heavy atom. The first kappa shape index (κ1) is 18.1. The van der Waals surface area contributed by atoms with Gasteiger partial charge in [0.15, 0.2) is 10.9 Å². The zero-order valence-corrected chi connectivity index (χ0v) is 15.8. The molecule has 0 aliphatic heterocycles. The second kappa shape index (κ2) is 7.65. The largest absolute Gasteiger partial charge is 0.359 e. The predicted molar refractivity (Wildman–Crippen MR) is 102 cm³/mol. The number of rotatable bonds is 5. The van der Waals surface area contributed by atoms with Gasteiger partial charge in [0, 0.05) is 34.9 Å². The lowest BCUT2D eigenvalue weighted by atomic mass is 9.93. The molecule has 8 heteroatoms. The molecule has 0 saturated carbocycles. The third-order valence-electron chi connectivity index (χ3n) is 3.67. The number of aromatic nitrogens is 3. The lowest BCUT2D eigenvalue weighted by Gasteiger charge is -2.12. The number of thiazole rings is 1. The van der Waals surface area contributed by atoms with Crippen LogP contribution < -0.4 is 10.6 Å². The number of nitrogens with one attached hydrogen (secondary N) is 2. The molecule has 0 aromatic carbocycles. The molecule has 0 radical (unpaired) electrons. The Bertz CT molecular complexity index is 867. The van der Waals surface area contributed by atoms with E-state index in [0.29, 0.717) is 16.7 Å². The van der Waals surface area contributed by atoms with Crippen LogP contribution in [0, 0.1) is 0 Å². The Kier molecular flexibility index (Phi) is 5.32. The van der Waals surface area contributed by atoms with Crippen LogP contribution in [0.3, 0.4) is 0 Å². The van der Waals surface area contributed by atoms with Gasteiger partial charge in [0.25, 0.3) is 0 Å². The van der Waals surface area contributed by atoms with E-state index in [9.17, 15) is 4.79 Å². The highest BCUT2D eigenvalue weighted by molar-refractivity contribution is 7.15. The number of aryl methyl sites for hydroxylation is 2. The van der Waals surface area contributed by atoms with Gasteiger partial charge in [0.1, 0.15) is 5.76 Å². The second-order valence-corrected chi connectivity index (χ2v) is 8.01. The van der Waals surface area contributed by atoms with Crippen molar-refractivity contribution < 1.29 is 9.32 Å². The van der Waals surface area contributed by atoms with Gasteiger partial charge in [-0.25, -0.2) is 9.78 Å². The van der Waals surface area contributed by atoms with Crippen molar-refractivity contribution in [3.63, 3.8) is 0 Å². The minimum Gasteiger partial charge on any atom is -0.359 e. The van der Waals surface area contributed by atoms with Gasteiger partial charge in [-0.05, 0) is 30.5 Å². The minimum atomic E-state index is -0.395. The molecule has 0 bridgehead atoms. The Balaban J connectivity index is 1.52. The molecule has 3 heterocycles. The molecular weight excluding hydrogens is 350 g/mol. The van der Waals surface area contributed by atoms with Gasteiger partial charge in [0.05, 0.1) is 0 Å². The van der Waals surface area contributed by atoms with Crippen LogP contribution in [0.4, 0.5) is 15.7 Å². The minimum absolute atomic E-state index is 0.164. The van der Waals surface area contributed by atoms with Gasteiger partial charge in [-0.3, -0.25) is 15.6 Å². The fourth-order valence-corrected chi connectivity index (χ4v) is 3.04. The van der Waals surface area contributed by atoms with E-state index in [2.05, 4.69) is 25.8 Å². The normalized spacial score (nSPS) is 11.3. The van der Waals surface area contributed by atoms with Crippen LogP contribution in [0.5, 0.6) is 0 Å². The number of anilines is 2. The Morgan fingerprint density at radius 1 is 1.19 bits per heavy atom. The average molecular weight is 371 g/mol. The van der Waals surface area contributed by atoms with E-state index in [1.165, 1.54) is 16.9 Å². The van der Waals surface area contributed by atoms with E-state index >= 15 is 0 Å². The number of urea groups is 1. The van der Waals surface area contributed by atoms with Gasteiger partial charge in [0.2, 0.25) is 0 Å². The summed E-state index contributed by atoms with van der Waals surface area (Å²) in [6.45, 7) is 6.04. The first-order chi connectivity index (χ1) is 12.4. The molecule has 0 atom stereocenters. The van der Waals surface area contributed by atoms with Crippen molar-refractivity contribution in [3.8, 4) is 0 Å². The van der Waals surface area contributed by atoms with E-state index in [1.807, 2.05) is 32.9 Å². The molecule has 136 valence electrons. The molecule has 0 aliphatic carbocycles. The summed E-state index contributed by atoms with van der Waals surface area (Å²) in [5.74, 6) is 1.09. The first-order valence-electron chi connectivity index (χ1n) is 8.29. The molecule has 2 N–H and O–H groups in total. The van der Waals surface area contributed by atoms with Crippen molar-refractivity contribution in [2.45, 2.75) is 39.0 Å². The molecule has 3 aromatic rings. The number of carbonyl (C=O) groups excluding carboxylic acids is 1. The number of hydrogen-bond donors (Lipinski definition) is 2. The highest BCUT2D eigenvalue weighted by atomic mass is 32.1. The van der Waals surface area contributed by atoms with Crippen LogP contribution in [-0.4, -0.2) is 21.2 Å². The van der Waals surface area contributed by atoms with Crippen LogP contribution in [0.2, 0.25) is 0 Å². The standard InChI is InChI=1S/C18H21N5O2S/c1-18(2,3)14-10-15(23-25-14)21-16(24)22-17-20-11-13(26-17)5-4-12-6-8-19-9-7-12/h6-11H,4-5H2,1-3H3,(H2,20,21,22,23,24). The summed E-state index contributed by atoms with van der Waals surface area (Å²) in [5, 5.41) is 9.79. The number of pyridine rings is 1. The fourth-order valence-electron chi connectivity index (χ4n) is 2.23. The summed E-state index contributed by atoms with van der Waals surface area (Å²) in [6.07, 6.45) is 7.13. The van der Waals surface area contributed by atoms with E-state index < -0.39 is 6.03 Å². The molecule has 0 spiro atoms. The van der Waals surface area contributed by atoms with Gasteiger partial charge in [-0.15, -0.1) is 11.3 Å². The lowest BCUT2D eigenvalue weighted by Crippen LogP contribution is -2.19. The summed E-state index contributed by atoms with van der Waals surface area (Å²) < 4.78 is 5.25. The molecule has 0 aliphatic rings. The molecule has 26 heavy (non-hydrogen) atoms. The van der Waals surface area contributed by atoms with Gasteiger partial charge >= 0.3 is 6.03 Å². The lowest BCUT2D eigenvalue weighted by molar-refractivity contribution is 0.262. The van der Waals surface area contributed by atoms with E-state index in [1.54, 1.807) is 24.7 Å². The van der Waals surface area contributed by atoms with Crippen molar-refractivity contribution in [1.82, 2.24) is 15.1 Å². The fraction of sp³-hybridized carbons (Fsp3) is 0.333. The Hall–Kier alpha value is -2.74.